The lowest BCUT2D eigenvalue weighted by atomic mass is 10.0. The topological polar surface area (TPSA) is 34.4 Å². The van der Waals surface area contributed by atoms with Gasteiger partial charge in [-0.1, -0.05) is 23.8 Å². The average Bonchev–Trinajstić information content (AvgIpc) is 2.86. The lowest BCUT2D eigenvalue weighted by Gasteiger charge is -2.10. The zero-order valence-corrected chi connectivity index (χ0v) is 14.9. The van der Waals surface area contributed by atoms with E-state index in [0.717, 1.165) is 17.0 Å². The Hall–Kier alpha value is -1.94. The van der Waals surface area contributed by atoms with Crippen LogP contribution >= 0.6 is 0 Å². The minimum atomic E-state index is -0.958. The molecule has 0 radical (unpaired) electrons. The molecule has 3 nitrogen and oxygen atoms in total. The van der Waals surface area contributed by atoms with Gasteiger partial charge in [-0.25, -0.2) is 4.98 Å². The van der Waals surface area contributed by atoms with Gasteiger partial charge in [-0.15, -0.1) is 0 Å². The first-order valence-electron chi connectivity index (χ1n) is 7.79. The minimum absolute atomic E-state index is 0.494. The van der Waals surface area contributed by atoms with Crippen molar-refractivity contribution in [2.75, 3.05) is 0 Å². The summed E-state index contributed by atoms with van der Waals surface area (Å²) in [5.74, 6) is 1.08. The Bertz CT molecular complexity index is 873. The van der Waals surface area contributed by atoms with E-state index in [4.69, 9.17) is 0 Å². The van der Waals surface area contributed by atoms with E-state index in [0.29, 0.717) is 11.5 Å². The van der Waals surface area contributed by atoms with E-state index < -0.39 is 10.8 Å². The molecule has 0 saturated heterocycles. The van der Waals surface area contributed by atoms with Crippen LogP contribution in [0.15, 0.2) is 36.5 Å². The number of benzene rings is 1. The molecular formula is C19H22N2OS. The summed E-state index contributed by atoms with van der Waals surface area (Å²) in [7, 11) is -0.958. The smallest absolute Gasteiger partial charge is 0.137 e. The van der Waals surface area contributed by atoms with Crippen LogP contribution in [0.25, 0.3) is 5.65 Å². The lowest BCUT2D eigenvalue weighted by molar-refractivity contribution is 0.681. The van der Waals surface area contributed by atoms with Gasteiger partial charge < -0.3 is 4.40 Å². The van der Waals surface area contributed by atoms with E-state index in [1.807, 2.05) is 18.3 Å². The lowest BCUT2D eigenvalue weighted by Crippen LogP contribution is -2.03. The van der Waals surface area contributed by atoms with Crippen LogP contribution in [0.5, 0.6) is 0 Å². The molecule has 120 valence electrons. The fourth-order valence-corrected chi connectivity index (χ4v) is 4.43. The molecule has 4 heteroatoms. The summed E-state index contributed by atoms with van der Waals surface area (Å²) in [6.07, 6.45) is 2.00. The van der Waals surface area contributed by atoms with Gasteiger partial charge in [-0.3, -0.25) is 4.21 Å². The molecule has 0 fully saturated rings. The molecule has 0 bridgehead atoms. The van der Waals surface area contributed by atoms with Gasteiger partial charge in [0.15, 0.2) is 0 Å². The summed E-state index contributed by atoms with van der Waals surface area (Å²) >= 11 is 0. The second kappa shape index (κ2) is 6.28. The Labute approximate surface area is 139 Å². The van der Waals surface area contributed by atoms with Crippen LogP contribution in [0.2, 0.25) is 0 Å². The van der Waals surface area contributed by atoms with E-state index in [1.54, 1.807) is 0 Å². The maximum Gasteiger partial charge on any atom is 0.137 e. The van der Waals surface area contributed by atoms with Crippen molar-refractivity contribution in [1.82, 2.24) is 9.38 Å². The van der Waals surface area contributed by atoms with Crippen molar-refractivity contribution in [2.45, 2.75) is 39.2 Å². The summed E-state index contributed by atoms with van der Waals surface area (Å²) in [6, 6.07) is 10.3. The third kappa shape index (κ3) is 3.37. The van der Waals surface area contributed by atoms with E-state index in [9.17, 15) is 4.21 Å². The number of hydrogen-bond donors (Lipinski definition) is 0. The van der Waals surface area contributed by atoms with E-state index in [1.165, 1.54) is 22.3 Å². The number of imidazole rings is 1. The molecule has 1 aromatic carbocycles. The highest BCUT2D eigenvalue weighted by Crippen LogP contribution is 2.19. The van der Waals surface area contributed by atoms with Gasteiger partial charge in [0.05, 0.1) is 11.4 Å². The quantitative estimate of drug-likeness (QED) is 0.726. The van der Waals surface area contributed by atoms with Crippen LogP contribution in [0.4, 0.5) is 0 Å². The van der Waals surface area contributed by atoms with E-state index in [2.05, 4.69) is 55.3 Å². The Kier molecular flexibility index (Phi) is 4.35. The number of aryl methyl sites for hydroxylation is 4. The molecule has 0 aliphatic heterocycles. The molecule has 0 N–H and O–H groups in total. The van der Waals surface area contributed by atoms with E-state index >= 15 is 0 Å². The van der Waals surface area contributed by atoms with E-state index in [-0.39, 0.29) is 0 Å². The maximum absolute atomic E-state index is 12.6. The number of rotatable bonds is 4. The largest absolute Gasteiger partial charge is 0.304 e. The highest BCUT2D eigenvalue weighted by atomic mass is 32.2. The summed E-state index contributed by atoms with van der Waals surface area (Å²) in [5.41, 5.74) is 7.85. The molecule has 2 heterocycles. The molecule has 2 aromatic heterocycles. The first-order chi connectivity index (χ1) is 10.9. The third-order valence-corrected chi connectivity index (χ3v) is 5.43. The van der Waals surface area contributed by atoms with Gasteiger partial charge in [0.2, 0.25) is 0 Å². The third-order valence-electron chi connectivity index (χ3n) is 4.20. The predicted molar refractivity (Wildman–Crippen MR) is 96.1 cm³/mol. The van der Waals surface area contributed by atoms with Crippen molar-refractivity contribution >= 4 is 16.4 Å². The zero-order chi connectivity index (χ0) is 16.6. The first-order valence-corrected chi connectivity index (χ1v) is 9.28. The van der Waals surface area contributed by atoms with Gasteiger partial charge in [-0.2, -0.15) is 0 Å². The van der Waals surface area contributed by atoms with Crippen molar-refractivity contribution in [3.8, 4) is 0 Å². The predicted octanol–water partition coefficient (Wildman–Crippen LogP) is 4.02. The normalized spacial score (nSPS) is 12.7. The summed E-state index contributed by atoms with van der Waals surface area (Å²) < 4.78 is 14.6. The summed E-state index contributed by atoms with van der Waals surface area (Å²) in [6.45, 7) is 8.34. The molecule has 1 unspecified atom stereocenters. The number of nitrogens with zero attached hydrogens (tertiary/aromatic N) is 2. The van der Waals surface area contributed by atoms with Gasteiger partial charge in [-0.05, 0) is 56.5 Å². The molecule has 3 aromatic rings. The van der Waals surface area contributed by atoms with Crippen molar-refractivity contribution in [1.29, 1.82) is 0 Å². The number of fused-ring (bicyclic) bond motifs is 1. The first kappa shape index (κ1) is 15.9. The summed E-state index contributed by atoms with van der Waals surface area (Å²) in [5, 5.41) is 0. The molecule has 0 aliphatic carbocycles. The van der Waals surface area contributed by atoms with Crippen LogP contribution in [0, 0.1) is 27.7 Å². The number of aromatic nitrogens is 2. The Morgan fingerprint density at radius 3 is 2.39 bits per heavy atom. The van der Waals surface area contributed by atoms with Crippen LogP contribution < -0.4 is 0 Å². The van der Waals surface area contributed by atoms with Gasteiger partial charge >= 0.3 is 0 Å². The van der Waals surface area contributed by atoms with Gasteiger partial charge in [0.25, 0.3) is 0 Å². The molecule has 1 atom stereocenters. The second-order valence-electron chi connectivity index (χ2n) is 6.23. The van der Waals surface area contributed by atoms with Crippen LogP contribution in [-0.4, -0.2) is 13.6 Å². The highest BCUT2D eigenvalue weighted by molar-refractivity contribution is 7.83. The number of hydrogen-bond acceptors (Lipinski definition) is 2. The molecule has 3 rings (SSSR count). The molecule has 0 spiro atoms. The van der Waals surface area contributed by atoms with Crippen LogP contribution in [-0.2, 0) is 22.3 Å². The summed E-state index contributed by atoms with van der Waals surface area (Å²) in [4.78, 5) is 4.58. The molecule has 23 heavy (non-hydrogen) atoms. The van der Waals surface area contributed by atoms with Gasteiger partial charge in [0, 0.05) is 28.4 Å². The maximum atomic E-state index is 12.6. The molecular weight excluding hydrogens is 304 g/mol. The zero-order valence-electron chi connectivity index (χ0n) is 14.1. The van der Waals surface area contributed by atoms with Crippen molar-refractivity contribution in [3.05, 3.63) is 70.2 Å². The molecule has 0 saturated carbocycles. The van der Waals surface area contributed by atoms with Crippen LogP contribution in [0.1, 0.15) is 33.6 Å². The SMILES string of the molecule is Cc1cc(C)c(CS(=O)Cc2cn3c(C)cccc3n2)c(C)c1. The monoisotopic (exact) mass is 326 g/mol. The van der Waals surface area contributed by atoms with Crippen molar-refractivity contribution < 1.29 is 4.21 Å². The Morgan fingerprint density at radius 1 is 1.04 bits per heavy atom. The molecule has 0 aliphatic rings. The standard InChI is InChI=1S/C19H22N2OS/c1-13-8-14(2)18(15(3)9-13)12-23(22)11-17-10-21-16(4)6-5-7-19(21)20-17/h5-10H,11-12H2,1-4H3. The van der Waals surface area contributed by atoms with Crippen LogP contribution in [0.3, 0.4) is 0 Å². The Balaban J connectivity index is 1.80. The average molecular weight is 326 g/mol. The minimum Gasteiger partial charge on any atom is -0.304 e. The van der Waals surface area contributed by atoms with Crippen molar-refractivity contribution in [3.63, 3.8) is 0 Å². The van der Waals surface area contributed by atoms with Gasteiger partial charge in [0.1, 0.15) is 5.65 Å². The second-order valence-corrected chi connectivity index (χ2v) is 7.69. The number of pyridine rings is 1. The Morgan fingerprint density at radius 2 is 1.74 bits per heavy atom. The highest BCUT2D eigenvalue weighted by Gasteiger charge is 2.11. The fraction of sp³-hybridized carbons (Fsp3) is 0.316. The fourth-order valence-electron chi connectivity index (χ4n) is 3.08. The molecule has 0 amide bonds. The van der Waals surface area contributed by atoms with Crippen molar-refractivity contribution in [2.24, 2.45) is 0 Å².